The maximum Gasteiger partial charge on any atom is 0.0557 e. The summed E-state index contributed by atoms with van der Waals surface area (Å²) in [4.78, 5) is 2.56. The molecule has 1 saturated heterocycles. The van der Waals surface area contributed by atoms with Gasteiger partial charge in [-0.3, -0.25) is 0 Å². The van der Waals surface area contributed by atoms with E-state index in [4.69, 9.17) is 0 Å². The van der Waals surface area contributed by atoms with Gasteiger partial charge in [0, 0.05) is 13.1 Å². The van der Waals surface area contributed by atoms with Crippen LogP contribution in [-0.4, -0.2) is 18.0 Å². The molecule has 0 aromatic carbocycles. The van der Waals surface area contributed by atoms with E-state index in [1.165, 1.54) is 122 Å². The number of likely N-dealkylation sites (tertiary alicyclic amines) is 1. The van der Waals surface area contributed by atoms with Crippen LogP contribution in [0.4, 0.5) is 0 Å². The van der Waals surface area contributed by atoms with Gasteiger partial charge >= 0.3 is 0 Å². The van der Waals surface area contributed by atoms with Crippen molar-refractivity contribution in [3.05, 3.63) is 18.0 Å². The zero-order valence-electron chi connectivity index (χ0n) is 17.5. The third-order valence-corrected chi connectivity index (χ3v) is 5.84. The molecule has 1 fully saturated rings. The second-order valence-electron chi connectivity index (χ2n) is 8.15. The topological polar surface area (TPSA) is 3.24 Å². The van der Waals surface area contributed by atoms with Crippen molar-refractivity contribution in [2.24, 2.45) is 5.92 Å². The van der Waals surface area contributed by atoms with E-state index in [0.29, 0.717) is 0 Å². The predicted molar refractivity (Wildman–Crippen MR) is 113 cm³/mol. The lowest BCUT2D eigenvalue weighted by atomic mass is 10.0. The highest BCUT2D eigenvalue weighted by molar-refractivity contribution is 5.01. The van der Waals surface area contributed by atoms with Crippen molar-refractivity contribution in [2.45, 2.75) is 117 Å². The molecule has 0 aromatic rings. The third kappa shape index (κ3) is 10.8. The first-order valence-electron chi connectivity index (χ1n) is 11.5. The van der Waals surface area contributed by atoms with Crippen LogP contribution in [-0.2, 0) is 0 Å². The summed E-state index contributed by atoms with van der Waals surface area (Å²) < 4.78 is 0. The van der Waals surface area contributed by atoms with E-state index in [0.717, 1.165) is 5.92 Å². The summed E-state index contributed by atoms with van der Waals surface area (Å²) in [6.45, 7) is 11.0. The largest absolute Gasteiger partial charge is 0.368 e. The smallest absolute Gasteiger partial charge is 0.0557 e. The highest BCUT2D eigenvalue weighted by atomic mass is 15.2. The minimum absolute atomic E-state index is 0.912. The fourth-order valence-electron chi connectivity index (χ4n) is 4.21. The summed E-state index contributed by atoms with van der Waals surface area (Å²) in [5.74, 6) is 0.912. The van der Waals surface area contributed by atoms with E-state index in [1.807, 2.05) is 0 Å². The Morgan fingerprint density at radius 2 is 1.40 bits per heavy atom. The Bertz CT molecular complexity index is 353. The second kappa shape index (κ2) is 15.6. The fourth-order valence-corrected chi connectivity index (χ4v) is 4.21. The number of allylic oxidation sites excluding steroid dienone is 1. The van der Waals surface area contributed by atoms with Gasteiger partial charge in [-0.15, -0.1) is 5.73 Å². The van der Waals surface area contributed by atoms with Crippen molar-refractivity contribution in [2.75, 3.05) is 13.1 Å². The molecule has 1 unspecified atom stereocenters. The number of hydrogen-bond donors (Lipinski definition) is 0. The molecule has 0 radical (unpaired) electrons. The van der Waals surface area contributed by atoms with E-state index < -0.39 is 0 Å². The number of nitrogens with zero attached hydrogens (tertiary/aromatic N) is 1. The van der Waals surface area contributed by atoms with Gasteiger partial charge in [0.25, 0.3) is 0 Å². The highest BCUT2D eigenvalue weighted by Gasteiger charge is 2.22. The van der Waals surface area contributed by atoms with Gasteiger partial charge in [0.2, 0.25) is 0 Å². The van der Waals surface area contributed by atoms with Crippen LogP contribution in [0.2, 0.25) is 0 Å². The van der Waals surface area contributed by atoms with Crippen LogP contribution < -0.4 is 0 Å². The summed E-state index contributed by atoms with van der Waals surface area (Å²) in [6, 6.07) is 0. The van der Waals surface area contributed by atoms with Crippen molar-refractivity contribution in [3.8, 4) is 0 Å². The van der Waals surface area contributed by atoms with Gasteiger partial charge in [-0.1, -0.05) is 97.5 Å². The molecule has 0 amide bonds. The minimum Gasteiger partial charge on any atom is -0.368 e. The van der Waals surface area contributed by atoms with Gasteiger partial charge in [-0.2, -0.15) is 0 Å². The summed E-state index contributed by atoms with van der Waals surface area (Å²) in [5, 5.41) is 0. The lowest BCUT2D eigenvalue weighted by molar-refractivity contribution is 0.377. The molecule has 0 aromatic heterocycles. The molecule has 146 valence electrons. The van der Waals surface area contributed by atoms with E-state index >= 15 is 0 Å². The van der Waals surface area contributed by atoms with Gasteiger partial charge in [-0.05, 0) is 31.6 Å². The van der Waals surface area contributed by atoms with Gasteiger partial charge < -0.3 is 4.90 Å². The molecule has 1 heterocycles. The van der Waals surface area contributed by atoms with Crippen molar-refractivity contribution >= 4 is 0 Å². The second-order valence-corrected chi connectivity index (χ2v) is 8.15. The Kier molecular flexibility index (Phi) is 13.9. The fraction of sp³-hybridized carbons (Fsp3) is 0.875. The number of unbranched alkanes of at least 4 members (excludes halogenated alkanes) is 11. The van der Waals surface area contributed by atoms with Crippen LogP contribution in [0.5, 0.6) is 0 Å². The average Bonchev–Trinajstić information content (AvgIpc) is 3.08. The molecule has 1 rings (SSSR count). The van der Waals surface area contributed by atoms with Crippen molar-refractivity contribution in [3.63, 3.8) is 0 Å². The average molecular weight is 348 g/mol. The summed E-state index contributed by atoms with van der Waals surface area (Å²) in [7, 11) is 0. The van der Waals surface area contributed by atoms with E-state index in [2.05, 4.69) is 31.1 Å². The molecule has 1 aliphatic rings. The minimum atomic E-state index is 0.912. The van der Waals surface area contributed by atoms with Crippen molar-refractivity contribution in [1.29, 1.82) is 0 Å². The normalized spacial score (nSPS) is 17.0. The molecule has 1 aliphatic heterocycles. The van der Waals surface area contributed by atoms with E-state index in [9.17, 15) is 0 Å². The molecule has 0 bridgehead atoms. The van der Waals surface area contributed by atoms with Crippen LogP contribution in [0.3, 0.4) is 0 Å². The quantitative estimate of drug-likeness (QED) is 0.203. The molecule has 1 nitrogen and oxygen atoms in total. The van der Waals surface area contributed by atoms with Crippen LogP contribution >= 0.6 is 0 Å². The monoisotopic (exact) mass is 347 g/mol. The summed E-state index contributed by atoms with van der Waals surface area (Å²) in [5.41, 5.74) is 4.63. The first kappa shape index (κ1) is 22.4. The zero-order valence-corrected chi connectivity index (χ0v) is 17.5. The van der Waals surface area contributed by atoms with Crippen LogP contribution in [0, 0.1) is 5.92 Å². The Morgan fingerprint density at radius 1 is 0.840 bits per heavy atom. The molecule has 1 atom stereocenters. The summed E-state index contributed by atoms with van der Waals surface area (Å²) >= 11 is 0. The Hall–Kier alpha value is -0.680. The SMILES string of the molecule is C=C=C(CCCCCCCCCCCCCC)N1CCC(CCC)C1. The van der Waals surface area contributed by atoms with Gasteiger partial charge in [-0.25, -0.2) is 0 Å². The molecule has 0 aliphatic carbocycles. The number of rotatable bonds is 16. The molecule has 0 spiro atoms. The first-order valence-corrected chi connectivity index (χ1v) is 11.5. The maximum absolute atomic E-state index is 3.95. The van der Waals surface area contributed by atoms with Crippen molar-refractivity contribution < 1.29 is 0 Å². The third-order valence-electron chi connectivity index (χ3n) is 5.84. The predicted octanol–water partition coefficient (Wildman–Crippen LogP) is 7.87. The lowest BCUT2D eigenvalue weighted by Crippen LogP contribution is -2.19. The molecular formula is C24H45N. The molecule has 0 N–H and O–H groups in total. The Balaban J connectivity index is 1.94. The zero-order chi connectivity index (χ0) is 18.2. The van der Waals surface area contributed by atoms with E-state index in [-0.39, 0.29) is 0 Å². The van der Waals surface area contributed by atoms with Crippen LogP contribution in [0.25, 0.3) is 0 Å². The highest BCUT2D eigenvalue weighted by Crippen LogP contribution is 2.26. The molecular weight excluding hydrogens is 302 g/mol. The van der Waals surface area contributed by atoms with Crippen LogP contribution in [0.1, 0.15) is 117 Å². The maximum atomic E-state index is 3.95. The van der Waals surface area contributed by atoms with E-state index in [1.54, 1.807) is 0 Å². The molecule has 1 heteroatoms. The van der Waals surface area contributed by atoms with Gasteiger partial charge in [0.1, 0.15) is 0 Å². The van der Waals surface area contributed by atoms with Crippen LogP contribution in [0.15, 0.2) is 18.0 Å². The first-order chi connectivity index (χ1) is 12.3. The Morgan fingerprint density at radius 3 is 1.92 bits per heavy atom. The Labute approximate surface area is 159 Å². The van der Waals surface area contributed by atoms with Gasteiger partial charge in [0.15, 0.2) is 0 Å². The summed E-state index contributed by atoms with van der Waals surface area (Å²) in [6.07, 6.45) is 22.4. The molecule has 0 saturated carbocycles. The van der Waals surface area contributed by atoms with Crippen molar-refractivity contribution in [1.82, 2.24) is 4.90 Å². The lowest BCUT2D eigenvalue weighted by Gasteiger charge is -2.20. The number of hydrogen-bond acceptors (Lipinski definition) is 1. The molecule has 25 heavy (non-hydrogen) atoms. The van der Waals surface area contributed by atoms with Gasteiger partial charge in [0.05, 0.1) is 5.70 Å². The standard InChI is InChI=1S/C24H45N/c1-4-7-8-9-10-11-12-13-14-15-16-17-19-24(6-3)25-21-20-23(22-25)18-5-2/h23H,3-5,7-22H2,1-2H3.